The quantitative estimate of drug-likeness (QED) is 0.550. The van der Waals surface area contributed by atoms with E-state index < -0.39 is 0 Å². The maximum Gasteiger partial charge on any atom is 0.0578 e. The Morgan fingerprint density at radius 3 is 2.64 bits per heavy atom. The van der Waals surface area contributed by atoms with Crippen LogP contribution in [0.25, 0.3) is 0 Å². The van der Waals surface area contributed by atoms with Gasteiger partial charge in [0.05, 0.1) is 6.10 Å². The SMILES string of the molecule is CC1CCC(O)C(C)CNC1. The van der Waals surface area contributed by atoms with Crippen LogP contribution in [-0.2, 0) is 0 Å². The molecule has 0 bridgehead atoms. The van der Waals surface area contributed by atoms with Gasteiger partial charge in [-0.25, -0.2) is 0 Å². The van der Waals surface area contributed by atoms with Crippen molar-refractivity contribution in [3.05, 3.63) is 0 Å². The molecule has 1 fully saturated rings. The minimum absolute atomic E-state index is 0.0924. The topological polar surface area (TPSA) is 32.3 Å². The van der Waals surface area contributed by atoms with Gasteiger partial charge in [-0.1, -0.05) is 13.8 Å². The highest BCUT2D eigenvalue weighted by Crippen LogP contribution is 2.15. The van der Waals surface area contributed by atoms with Crippen molar-refractivity contribution in [2.45, 2.75) is 32.8 Å². The van der Waals surface area contributed by atoms with Gasteiger partial charge in [0.15, 0.2) is 0 Å². The van der Waals surface area contributed by atoms with Crippen molar-refractivity contribution >= 4 is 0 Å². The van der Waals surface area contributed by atoms with Gasteiger partial charge >= 0.3 is 0 Å². The third-order valence-corrected chi connectivity index (χ3v) is 2.57. The highest BCUT2D eigenvalue weighted by molar-refractivity contribution is 4.72. The van der Waals surface area contributed by atoms with Crippen LogP contribution < -0.4 is 5.32 Å². The van der Waals surface area contributed by atoms with E-state index in [-0.39, 0.29) is 6.10 Å². The van der Waals surface area contributed by atoms with Crippen LogP contribution in [0.1, 0.15) is 26.7 Å². The Hall–Kier alpha value is -0.0800. The minimum Gasteiger partial charge on any atom is -0.393 e. The predicted octanol–water partition coefficient (Wildman–Crippen LogP) is 1.00. The Labute approximate surface area is 69.0 Å². The second-order valence-electron chi connectivity index (χ2n) is 3.89. The fraction of sp³-hybridized carbons (Fsp3) is 1.00. The zero-order valence-electron chi connectivity index (χ0n) is 7.51. The van der Waals surface area contributed by atoms with Crippen LogP contribution in [0.3, 0.4) is 0 Å². The molecule has 0 saturated carbocycles. The monoisotopic (exact) mass is 157 g/mol. The molecule has 0 aliphatic carbocycles. The smallest absolute Gasteiger partial charge is 0.0578 e. The summed E-state index contributed by atoms with van der Waals surface area (Å²) in [5.41, 5.74) is 0. The minimum atomic E-state index is -0.0924. The van der Waals surface area contributed by atoms with E-state index in [9.17, 15) is 5.11 Å². The first-order chi connectivity index (χ1) is 5.20. The average Bonchev–Trinajstić information content (AvgIpc) is 1.98. The lowest BCUT2D eigenvalue weighted by molar-refractivity contribution is 0.0916. The molecule has 1 heterocycles. The first-order valence-corrected chi connectivity index (χ1v) is 4.59. The Bertz CT molecular complexity index is 116. The molecule has 0 amide bonds. The van der Waals surface area contributed by atoms with Gasteiger partial charge in [0.25, 0.3) is 0 Å². The van der Waals surface area contributed by atoms with Gasteiger partial charge in [-0.3, -0.25) is 0 Å². The molecule has 0 aromatic heterocycles. The van der Waals surface area contributed by atoms with Crippen molar-refractivity contribution in [2.24, 2.45) is 11.8 Å². The summed E-state index contributed by atoms with van der Waals surface area (Å²) in [6, 6.07) is 0. The van der Waals surface area contributed by atoms with Gasteiger partial charge in [-0.2, -0.15) is 0 Å². The summed E-state index contributed by atoms with van der Waals surface area (Å²) >= 11 is 0. The molecule has 1 aliphatic rings. The van der Waals surface area contributed by atoms with E-state index in [2.05, 4.69) is 19.2 Å². The first kappa shape index (κ1) is 9.01. The number of nitrogens with one attached hydrogen (secondary N) is 1. The average molecular weight is 157 g/mol. The number of hydrogen-bond donors (Lipinski definition) is 2. The van der Waals surface area contributed by atoms with Crippen LogP contribution in [0, 0.1) is 11.8 Å². The van der Waals surface area contributed by atoms with E-state index in [1.165, 1.54) is 0 Å². The van der Waals surface area contributed by atoms with Crippen LogP contribution in [0.2, 0.25) is 0 Å². The van der Waals surface area contributed by atoms with Gasteiger partial charge in [0.1, 0.15) is 0 Å². The van der Waals surface area contributed by atoms with E-state index in [1.54, 1.807) is 0 Å². The fourth-order valence-electron chi connectivity index (χ4n) is 1.54. The van der Waals surface area contributed by atoms with Crippen molar-refractivity contribution in [1.29, 1.82) is 0 Å². The molecule has 0 spiro atoms. The van der Waals surface area contributed by atoms with E-state index in [0.29, 0.717) is 5.92 Å². The van der Waals surface area contributed by atoms with Gasteiger partial charge in [0.2, 0.25) is 0 Å². The molecule has 2 N–H and O–H groups in total. The van der Waals surface area contributed by atoms with Gasteiger partial charge < -0.3 is 10.4 Å². The van der Waals surface area contributed by atoms with E-state index in [0.717, 1.165) is 31.8 Å². The molecule has 2 nitrogen and oxygen atoms in total. The second kappa shape index (κ2) is 4.07. The van der Waals surface area contributed by atoms with Crippen molar-refractivity contribution < 1.29 is 5.11 Å². The number of aliphatic hydroxyl groups is 1. The molecular formula is C9H19NO. The van der Waals surface area contributed by atoms with Crippen LogP contribution in [0.4, 0.5) is 0 Å². The Balaban J connectivity index is 2.34. The maximum atomic E-state index is 9.56. The van der Waals surface area contributed by atoms with Crippen molar-refractivity contribution in [2.75, 3.05) is 13.1 Å². The first-order valence-electron chi connectivity index (χ1n) is 4.59. The lowest BCUT2D eigenvalue weighted by Crippen LogP contribution is -2.35. The highest BCUT2D eigenvalue weighted by atomic mass is 16.3. The van der Waals surface area contributed by atoms with Crippen molar-refractivity contribution in [3.8, 4) is 0 Å². The highest BCUT2D eigenvalue weighted by Gasteiger charge is 2.17. The summed E-state index contributed by atoms with van der Waals surface area (Å²) in [6.45, 7) is 6.41. The third-order valence-electron chi connectivity index (χ3n) is 2.57. The molecule has 1 saturated heterocycles. The van der Waals surface area contributed by atoms with Crippen LogP contribution in [0.15, 0.2) is 0 Å². The van der Waals surface area contributed by atoms with Crippen molar-refractivity contribution in [1.82, 2.24) is 5.32 Å². The normalized spacial score (nSPS) is 41.2. The summed E-state index contributed by atoms with van der Waals surface area (Å²) in [7, 11) is 0. The number of rotatable bonds is 0. The molecule has 3 atom stereocenters. The second-order valence-corrected chi connectivity index (χ2v) is 3.89. The van der Waals surface area contributed by atoms with Gasteiger partial charge in [-0.15, -0.1) is 0 Å². The Morgan fingerprint density at radius 1 is 1.18 bits per heavy atom. The summed E-state index contributed by atoms with van der Waals surface area (Å²) in [5, 5.41) is 12.9. The lowest BCUT2D eigenvalue weighted by Gasteiger charge is -2.25. The predicted molar refractivity (Wildman–Crippen MR) is 46.4 cm³/mol. The molecule has 3 unspecified atom stereocenters. The summed E-state index contributed by atoms with van der Waals surface area (Å²) in [4.78, 5) is 0. The van der Waals surface area contributed by atoms with Gasteiger partial charge in [0, 0.05) is 6.54 Å². The molecule has 0 radical (unpaired) electrons. The zero-order valence-corrected chi connectivity index (χ0v) is 7.51. The Kier molecular flexibility index (Phi) is 3.34. The number of aliphatic hydroxyl groups excluding tert-OH is 1. The molecule has 1 rings (SSSR count). The van der Waals surface area contributed by atoms with E-state index in [4.69, 9.17) is 0 Å². The summed E-state index contributed by atoms with van der Waals surface area (Å²) < 4.78 is 0. The van der Waals surface area contributed by atoms with Gasteiger partial charge in [-0.05, 0) is 31.2 Å². The van der Waals surface area contributed by atoms with E-state index in [1.807, 2.05) is 0 Å². The zero-order chi connectivity index (χ0) is 8.27. The Morgan fingerprint density at radius 2 is 1.91 bits per heavy atom. The molecular weight excluding hydrogens is 138 g/mol. The molecule has 0 aromatic rings. The third kappa shape index (κ3) is 2.80. The molecule has 11 heavy (non-hydrogen) atoms. The standard InChI is InChI=1S/C9H19NO/c1-7-3-4-9(11)8(2)6-10-5-7/h7-11H,3-6H2,1-2H3. The maximum absolute atomic E-state index is 9.56. The fourth-order valence-corrected chi connectivity index (χ4v) is 1.54. The van der Waals surface area contributed by atoms with Crippen LogP contribution >= 0.6 is 0 Å². The molecule has 66 valence electrons. The molecule has 2 heteroatoms. The van der Waals surface area contributed by atoms with Crippen LogP contribution in [-0.4, -0.2) is 24.3 Å². The lowest BCUT2D eigenvalue weighted by atomic mass is 9.93. The largest absolute Gasteiger partial charge is 0.393 e. The van der Waals surface area contributed by atoms with E-state index >= 15 is 0 Å². The number of hydrogen-bond acceptors (Lipinski definition) is 2. The molecule has 0 aromatic carbocycles. The molecule has 1 aliphatic heterocycles. The summed E-state index contributed by atoms with van der Waals surface area (Å²) in [6.07, 6.45) is 2.04. The van der Waals surface area contributed by atoms with Crippen LogP contribution in [0.5, 0.6) is 0 Å². The van der Waals surface area contributed by atoms with Crippen molar-refractivity contribution in [3.63, 3.8) is 0 Å². The summed E-state index contributed by atoms with van der Waals surface area (Å²) in [5.74, 6) is 1.14.